The molecule has 0 spiro atoms. The fraction of sp³-hybridized carbons (Fsp3) is 0.429. The summed E-state index contributed by atoms with van der Waals surface area (Å²) >= 11 is 0. The van der Waals surface area contributed by atoms with Gasteiger partial charge >= 0.3 is 0 Å². The molecule has 0 aliphatic carbocycles. The highest BCUT2D eigenvalue weighted by Gasteiger charge is 1.99. The Morgan fingerprint density at radius 3 is 3.00 bits per heavy atom. The van der Waals surface area contributed by atoms with Crippen molar-refractivity contribution in [3.05, 3.63) is 24.2 Å². The van der Waals surface area contributed by atoms with Crippen molar-refractivity contribution in [2.75, 3.05) is 13.1 Å². The fourth-order valence-electron chi connectivity index (χ4n) is 0.744. The summed E-state index contributed by atoms with van der Waals surface area (Å²) < 4.78 is 12.2. The second-order valence-electron chi connectivity index (χ2n) is 1.99. The van der Waals surface area contributed by atoms with Crippen molar-refractivity contribution in [1.82, 2.24) is 4.90 Å². The maximum absolute atomic E-state index is 12.2. The summed E-state index contributed by atoms with van der Waals surface area (Å²) in [5.74, 6) is -0.125. The molecule has 0 atom stereocenters. The molecule has 0 saturated carbocycles. The minimum atomic E-state index is -0.125. The molecule has 0 fully saturated rings. The highest BCUT2D eigenvalue weighted by molar-refractivity contribution is 5.15. The lowest BCUT2D eigenvalue weighted by Crippen LogP contribution is -2.18. The number of hydrogen-bond donors (Lipinski definition) is 0. The first-order valence-electron chi connectivity index (χ1n) is 3.11. The minimum absolute atomic E-state index is 0.125. The smallest absolute Gasteiger partial charge is 0.122 e. The van der Waals surface area contributed by atoms with Gasteiger partial charge in [0.2, 0.25) is 0 Å². The lowest BCUT2D eigenvalue weighted by atomic mass is 10.3. The van der Waals surface area contributed by atoms with Gasteiger partial charge in [0.25, 0.3) is 0 Å². The molecule has 50 valence electrons. The van der Waals surface area contributed by atoms with E-state index >= 15 is 0 Å². The second kappa shape index (κ2) is 2.67. The third kappa shape index (κ3) is 1.56. The molecule has 1 heterocycles. The van der Waals surface area contributed by atoms with Gasteiger partial charge in [-0.1, -0.05) is 0 Å². The third-order valence-corrected chi connectivity index (χ3v) is 1.37. The highest BCUT2D eigenvalue weighted by Crippen LogP contribution is 2.06. The van der Waals surface area contributed by atoms with Crippen LogP contribution in [-0.2, 0) is 0 Å². The predicted molar refractivity (Wildman–Crippen MR) is 35.6 cm³/mol. The standard InChI is InChI=1S/C7H10FN/c1-2-9-5-3-7(8)4-6-9/h3-5H,2,6H2,1H3. The first-order chi connectivity index (χ1) is 4.33. The Kier molecular flexibility index (Phi) is 1.88. The van der Waals surface area contributed by atoms with Crippen LogP contribution in [0.5, 0.6) is 0 Å². The van der Waals surface area contributed by atoms with E-state index in [1.54, 1.807) is 12.3 Å². The molecule has 0 amide bonds. The van der Waals surface area contributed by atoms with Crippen molar-refractivity contribution in [1.29, 1.82) is 0 Å². The van der Waals surface area contributed by atoms with Gasteiger partial charge in [0.15, 0.2) is 0 Å². The number of likely N-dealkylation sites (N-methyl/N-ethyl adjacent to an activating group) is 1. The normalized spacial score (nSPS) is 18.0. The quantitative estimate of drug-likeness (QED) is 0.518. The molecule has 0 aromatic heterocycles. The van der Waals surface area contributed by atoms with Gasteiger partial charge in [-0.15, -0.1) is 0 Å². The minimum Gasteiger partial charge on any atom is -0.374 e. The molecule has 0 aromatic carbocycles. The lowest BCUT2D eigenvalue weighted by molar-refractivity contribution is 0.425. The molecule has 1 rings (SSSR count). The summed E-state index contributed by atoms with van der Waals surface area (Å²) in [4.78, 5) is 2.03. The van der Waals surface area contributed by atoms with Crippen LogP contribution < -0.4 is 0 Å². The molecular formula is C7H10FN. The van der Waals surface area contributed by atoms with Gasteiger partial charge in [0.1, 0.15) is 5.83 Å². The molecule has 9 heavy (non-hydrogen) atoms. The zero-order chi connectivity index (χ0) is 6.69. The Morgan fingerprint density at radius 1 is 1.78 bits per heavy atom. The number of rotatable bonds is 1. The largest absolute Gasteiger partial charge is 0.374 e. The Hall–Kier alpha value is -0.790. The van der Waals surface area contributed by atoms with Crippen LogP contribution in [-0.4, -0.2) is 18.0 Å². The molecule has 0 saturated heterocycles. The van der Waals surface area contributed by atoms with E-state index in [9.17, 15) is 4.39 Å². The zero-order valence-electron chi connectivity index (χ0n) is 5.47. The first kappa shape index (κ1) is 6.33. The first-order valence-corrected chi connectivity index (χ1v) is 3.11. The van der Waals surface area contributed by atoms with E-state index < -0.39 is 0 Å². The monoisotopic (exact) mass is 127 g/mol. The van der Waals surface area contributed by atoms with Gasteiger partial charge < -0.3 is 4.90 Å². The molecule has 1 aliphatic heterocycles. The molecule has 1 aliphatic rings. The second-order valence-corrected chi connectivity index (χ2v) is 1.99. The Morgan fingerprint density at radius 2 is 2.56 bits per heavy atom. The van der Waals surface area contributed by atoms with Gasteiger partial charge in [-0.25, -0.2) is 4.39 Å². The predicted octanol–water partition coefficient (Wildman–Crippen LogP) is 1.69. The maximum Gasteiger partial charge on any atom is 0.122 e. The topological polar surface area (TPSA) is 3.24 Å². The van der Waals surface area contributed by atoms with Gasteiger partial charge in [-0.2, -0.15) is 0 Å². The molecule has 2 heteroatoms. The van der Waals surface area contributed by atoms with Gasteiger partial charge in [-0.05, 0) is 19.1 Å². The summed E-state index contributed by atoms with van der Waals surface area (Å²) in [5.41, 5.74) is 0. The van der Waals surface area contributed by atoms with Crippen molar-refractivity contribution in [3.63, 3.8) is 0 Å². The number of nitrogens with zero attached hydrogens (tertiary/aromatic N) is 1. The molecule has 0 radical (unpaired) electrons. The average Bonchev–Trinajstić information content (AvgIpc) is 1.90. The van der Waals surface area contributed by atoms with E-state index in [1.807, 2.05) is 11.8 Å². The lowest BCUT2D eigenvalue weighted by Gasteiger charge is -2.17. The molecule has 0 aromatic rings. The number of halogens is 1. The maximum atomic E-state index is 12.2. The van der Waals surface area contributed by atoms with Gasteiger partial charge in [0.05, 0.1) is 0 Å². The van der Waals surface area contributed by atoms with Crippen molar-refractivity contribution in [2.24, 2.45) is 0 Å². The zero-order valence-corrected chi connectivity index (χ0v) is 5.47. The molecule has 0 N–H and O–H groups in total. The number of allylic oxidation sites excluding steroid dienone is 2. The van der Waals surface area contributed by atoms with Crippen LogP contribution in [0.15, 0.2) is 24.2 Å². The summed E-state index contributed by atoms with van der Waals surface area (Å²) in [7, 11) is 0. The molecule has 0 unspecified atom stereocenters. The Labute approximate surface area is 54.5 Å². The van der Waals surface area contributed by atoms with Crippen molar-refractivity contribution < 1.29 is 4.39 Å². The molecule has 0 bridgehead atoms. The van der Waals surface area contributed by atoms with Crippen LogP contribution in [0.2, 0.25) is 0 Å². The summed E-state index contributed by atoms with van der Waals surface area (Å²) in [6, 6.07) is 0. The number of hydrogen-bond acceptors (Lipinski definition) is 1. The fourth-order valence-corrected chi connectivity index (χ4v) is 0.744. The summed E-state index contributed by atoms with van der Waals surface area (Å²) in [5, 5.41) is 0. The van der Waals surface area contributed by atoms with Crippen LogP contribution in [0.3, 0.4) is 0 Å². The van der Waals surface area contributed by atoms with Gasteiger partial charge in [0, 0.05) is 19.3 Å². The van der Waals surface area contributed by atoms with E-state index in [2.05, 4.69) is 0 Å². The van der Waals surface area contributed by atoms with E-state index in [1.165, 1.54) is 6.08 Å². The molecule has 1 nitrogen and oxygen atoms in total. The van der Waals surface area contributed by atoms with Crippen molar-refractivity contribution in [3.8, 4) is 0 Å². The Balaban J connectivity index is 2.48. The van der Waals surface area contributed by atoms with E-state index in [0.717, 1.165) is 6.54 Å². The van der Waals surface area contributed by atoms with E-state index in [0.29, 0.717) is 6.54 Å². The van der Waals surface area contributed by atoms with Crippen LogP contribution in [0.4, 0.5) is 4.39 Å². The molecular weight excluding hydrogens is 117 g/mol. The summed E-state index contributed by atoms with van der Waals surface area (Å²) in [6.45, 7) is 3.69. The SMILES string of the molecule is CCN1C=CC(F)=CC1. The van der Waals surface area contributed by atoms with Crippen LogP contribution in [0.1, 0.15) is 6.92 Å². The van der Waals surface area contributed by atoms with Crippen LogP contribution in [0, 0.1) is 0 Å². The summed E-state index contributed by atoms with van der Waals surface area (Å²) in [6.07, 6.45) is 4.83. The van der Waals surface area contributed by atoms with Gasteiger partial charge in [-0.3, -0.25) is 0 Å². The van der Waals surface area contributed by atoms with E-state index in [4.69, 9.17) is 0 Å². The average molecular weight is 127 g/mol. The van der Waals surface area contributed by atoms with Crippen LogP contribution >= 0.6 is 0 Å². The van der Waals surface area contributed by atoms with Crippen molar-refractivity contribution >= 4 is 0 Å². The van der Waals surface area contributed by atoms with E-state index in [-0.39, 0.29) is 5.83 Å². The third-order valence-electron chi connectivity index (χ3n) is 1.37. The Bertz CT molecular complexity index is 149. The van der Waals surface area contributed by atoms with Crippen LogP contribution in [0.25, 0.3) is 0 Å². The van der Waals surface area contributed by atoms with Crippen molar-refractivity contribution in [2.45, 2.75) is 6.92 Å². The highest BCUT2D eigenvalue weighted by atomic mass is 19.1.